The predicted octanol–water partition coefficient (Wildman–Crippen LogP) is 5.68. The number of aliphatic hydroxyl groups excluding tert-OH is 2. The van der Waals surface area contributed by atoms with Crippen LogP contribution in [0.5, 0.6) is 0 Å². The predicted molar refractivity (Wildman–Crippen MR) is 240 cm³/mol. The Bertz CT molecular complexity index is 1920. The van der Waals surface area contributed by atoms with Gasteiger partial charge in [-0.1, -0.05) is 93.7 Å². The van der Waals surface area contributed by atoms with Crippen LogP contribution in [0.4, 0.5) is 0 Å². The molecule has 3 aliphatic carbocycles. The summed E-state index contributed by atoms with van der Waals surface area (Å²) in [6.07, 6.45) is 20.8. The summed E-state index contributed by atoms with van der Waals surface area (Å²) in [7, 11) is 0. The summed E-state index contributed by atoms with van der Waals surface area (Å²) in [6, 6.07) is -1.06. The van der Waals surface area contributed by atoms with Crippen LogP contribution in [0.3, 0.4) is 0 Å². The van der Waals surface area contributed by atoms with E-state index in [2.05, 4.69) is 66.9 Å². The molecule has 4 rings (SSSR count). The number of nitrogens with one attached hydrogen (secondary N) is 1. The zero-order valence-corrected chi connectivity index (χ0v) is 49.4. The minimum absolute atomic E-state index is 0. The first-order valence-corrected chi connectivity index (χ1v) is 22.6. The number of hydrogen-bond donors (Lipinski definition) is 5. The molecule has 5 N–H and O–H groups in total. The van der Waals surface area contributed by atoms with Crippen molar-refractivity contribution in [2.75, 3.05) is 6.61 Å². The van der Waals surface area contributed by atoms with Crippen LogP contribution in [0.15, 0.2) is 84.1 Å². The van der Waals surface area contributed by atoms with Crippen molar-refractivity contribution in [2.24, 2.45) is 16.7 Å². The zero-order chi connectivity index (χ0) is 47.5. The normalized spacial score (nSPS) is 31.4. The van der Waals surface area contributed by atoms with Crippen molar-refractivity contribution in [3.63, 3.8) is 0 Å². The van der Waals surface area contributed by atoms with E-state index >= 15 is 0 Å². The molecule has 0 aromatic rings. The number of Topliss-reactive ketones (excluding diaryl/α,β-unsaturated/α-hetero) is 1. The number of aliphatic hydroxyl groups is 4. The fourth-order valence-electron chi connectivity index (χ4n) is 9.80. The Labute approximate surface area is 462 Å². The number of amides is 1. The molecule has 3 fully saturated rings. The Morgan fingerprint density at radius 3 is 1.82 bits per heavy atom. The van der Waals surface area contributed by atoms with Gasteiger partial charge in [0.1, 0.15) is 29.5 Å². The number of fused-ring (bicyclic) bond motifs is 5. The average molecular weight is 1350 g/mol. The van der Waals surface area contributed by atoms with Gasteiger partial charge in [0.2, 0.25) is 12.0 Å². The first-order valence-electron chi connectivity index (χ1n) is 22.6. The molecule has 4 aliphatic rings. The Kier molecular flexibility index (Phi) is 24.9. The topological polar surface area (TPSA) is 215 Å². The number of rotatable bonds is 20. The van der Waals surface area contributed by atoms with E-state index in [-0.39, 0.29) is 119 Å². The molecule has 0 unspecified atom stereocenters. The van der Waals surface area contributed by atoms with Gasteiger partial charge >= 0.3 is 17.9 Å². The summed E-state index contributed by atoms with van der Waals surface area (Å²) in [5.74, 6) is -5.53. The smallest absolute Gasteiger partial charge is 0.350 e. The van der Waals surface area contributed by atoms with Crippen LogP contribution in [0.1, 0.15) is 120 Å². The molecule has 11 atom stereocenters. The Morgan fingerprint density at radius 1 is 0.833 bits per heavy atom. The number of carbonyl (C=O) groups excluding carboxylic acids is 5. The third-order valence-electron chi connectivity index (χ3n) is 13.4. The number of esters is 3. The largest absolute Gasteiger partial charge is 0.459 e. The molecule has 0 spiro atoms. The van der Waals surface area contributed by atoms with E-state index in [1.54, 1.807) is 13.8 Å². The summed E-state index contributed by atoms with van der Waals surface area (Å²) in [5.41, 5.74) is -7.39. The van der Waals surface area contributed by atoms with Gasteiger partial charge in [0.05, 0.1) is 30.3 Å². The number of carbonyl (C=O) groups is 5. The van der Waals surface area contributed by atoms with Crippen molar-refractivity contribution >= 4 is 29.6 Å². The first kappa shape index (κ1) is 60.5. The van der Waals surface area contributed by atoms with Crippen molar-refractivity contribution in [2.45, 2.75) is 173 Å². The molecular formula is C50H71Ac2NO13. The molecule has 2 saturated carbocycles. The third-order valence-corrected chi connectivity index (χ3v) is 13.4. The molecule has 1 amide bonds. The van der Waals surface area contributed by atoms with Gasteiger partial charge in [-0.05, 0) is 76.9 Å². The fourth-order valence-corrected chi connectivity index (χ4v) is 9.80. The van der Waals surface area contributed by atoms with Gasteiger partial charge < -0.3 is 44.7 Å². The number of ether oxygens (including phenoxy) is 4. The van der Waals surface area contributed by atoms with E-state index in [1.165, 1.54) is 27.7 Å². The molecule has 0 aromatic heterocycles. The summed E-state index contributed by atoms with van der Waals surface area (Å²) in [4.78, 5) is 66.7. The summed E-state index contributed by atoms with van der Waals surface area (Å²) >= 11 is 0. The van der Waals surface area contributed by atoms with Crippen LogP contribution in [-0.4, -0.2) is 110 Å². The number of ketones is 1. The standard InChI is InChI=1S/C50H71NO13.2Ac/c1-9-10-11-12-13-14-15-16-17-18-19-20-21-22-23-24-25-26-27-28-39(55)64-42(33(3)51-34(4)52)46(58)63-36-30-50(60)45(62-35(5)53)43-48(8,37(54)29-38-49(43,59)31-61-38)44(57)41(56)40(32(36)2)47(50,6)7;;/h10-11,13-14,16-17,19-20,22-23,25-26,33,36-38,41-43,45,54,56,59-60H,9,12,15,18,21,24,27-31H2,1-8H3,(H,51,52);;/b11-10-,14-13-,17-16-,20-19-,23-22-,26-25-;;/t33-,36-,37-,38+,41+,42+,43-,45-,48+,49-,50+;;/m0../s1. The molecule has 14 nitrogen and oxygen atoms in total. The molecule has 1 heterocycles. The van der Waals surface area contributed by atoms with Gasteiger partial charge in [-0.2, -0.15) is 0 Å². The summed E-state index contributed by atoms with van der Waals surface area (Å²) < 4.78 is 23.1. The van der Waals surface area contributed by atoms with Gasteiger partial charge in [0, 0.05) is 133 Å². The second-order valence-electron chi connectivity index (χ2n) is 18.2. The fraction of sp³-hybridized carbons (Fsp3) is 0.620. The van der Waals surface area contributed by atoms with E-state index in [9.17, 15) is 44.4 Å². The molecule has 1 saturated heterocycles. The van der Waals surface area contributed by atoms with Crippen molar-refractivity contribution in [3.05, 3.63) is 84.1 Å². The zero-order valence-electron chi connectivity index (χ0n) is 39.9. The van der Waals surface area contributed by atoms with Gasteiger partial charge in [-0.3, -0.25) is 19.2 Å². The van der Waals surface area contributed by atoms with E-state index in [1.807, 2.05) is 18.2 Å². The molecule has 1 aliphatic heterocycles. The van der Waals surface area contributed by atoms with E-state index in [0.717, 1.165) is 39.0 Å². The number of hydrogen-bond acceptors (Lipinski definition) is 13. The van der Waals surface area contributed by atoms with Crippen LogP contribution in [0.2, 0.25) is 0 Å². The van der Waals surface area contributed by atoms with Crippen molar-refractivity contribution in [1.29, 1.82) is 0 Å². The van der Waals surface area contributed by atoms with E-state index in [0.29, 0.717) is 12.8 Å². The second kappa shape index (κ2) is 27.1. The first-order chi connectivity index (χ1) is 30.2. The molecular weight excluding hydrogens is 1280 g/mol. The Balaban J connectivity index is 0.00000748. The van der Waals surface area contributed by atoms with Gasteiger partial charge in [0.25, 0.3) is 0 Å². The maximum Gasteiger partial charge on any atom is 0.350 e. The van der Waals surface area contributed by atoms with Gasteiger partial charge in [-0.15, -0.1) is 0 Å². The summed E-state index contributed by atoms with van der Waals surface area (Å²) in [6.45, 7) is 11.6. The molecule has 66 heavy (non-hydrogen) atoms. The molecule has 0 aromatic carbocycles. The maximum atomic E-state index is 14.5. The van der Waals surface area contributed by atoms with Crippen molar-refractivity contribution in [1.82, 2.24) is 5.32 Å². The van der Waals surface area contributed by atoms with E-state index < -0.39 is 107 Å². The van der Waals surface area contributed by atoms with Crippen molar-refractivity contribution < 1.29 is 151 Å². The van der Waals surface area contributed by atoms with Crippen LogP contribution in [-0.2, 0) is 42.9 Å². The van der Waals surface area contributed by atoms with Crippen LogP contribution < -0.4 is 5.32 Å². The number of allylic oxidation sites excluding steroid dienone is 12. The molecule has 2 bridgehead atoms. The van der Waals surface area contributed by atoms with Crippen LogP contribution >= 0.6 is 0 Å². The minimum atomic E-state index is -2.24. The Morgan fingerprint density at radius 2 is 1.35 bits per heavy atom. The van der Waals surface area contributed by atoms with E-state index in [4.69, 9.17) is 18.9 Å². The molecule has 2 radical (unpaired) electrons. The van der Waals surface area contributed by atoms with Crippen molar-refractivity contribution in [3.8, 4) is 0 Å². The van der Waals surface area contributed by atoms with Gasteiger partial charge in [0.15, 0.2) is 5.78 Å². The minimum Gasteiger partial charge on any atom is -0.459 e. The Hall–Kier alpha value is -1.59. The average Bonchev–Trinajstić information content (AvgIpc) is 3.22. The van der Waals surface area contributed by atoms with Gasteiger partial charge in [-0.25, -0.2) is 4.79 Å². The monoisotopic (exact) mass is 1350 g/mol. The SMILES string of the molecule is CC/C=C\C/C=C\C/C=C\C/C=C\C/C=C\C/C=C\CCC(=O)O[C@@H](C(=O)O[C@H]1C[C@@]2(O)[C@@H](OC(C)=O)[C@@H]3[C@]4(O)CO[C@@H]4C[C@H](O)[C@@]3(C)C(=O)[C@H](O)C(=C1C)C2(C)C)[C@H](C)NC(C)=O.[Ac].[Ac]. The maximum absolute atomic E-state index is 14.5. The van der Waals surface area contributed by atoms with Crippen LogP contribution in [0, 0.1) is 105 Å². The second-order valence-corrected chi connectivity index (χ2v) is 18.2. The third kappa shape index (κ3) is 14.1. The molecule has 360 valence electrons. The quantitative estimate of drug-likeness (QED) is 0.0565. The van der Waals surface area contributed by atoms with Crippen LogP contribution in [0.25, 0.3) is 0 Å². The molecule has 16 heteroatoms. The summed E-state index contributed by atoms with van der Waals surface area (Å²) in [5, 5.41) is 51.1.